The number of nitrogens with zero attached hydrogens (tertiary/aromatic N) is 3. The molecule has 5 heteroatoms. The number of anilines is 1. The normalized spacial score (nSPS) is 14.4. The lowest BCUT2D eigenvalue weighted by atomic mass is 9.77. The van der Waals surface area contributed by atoms with Gasteiger partial charge in [-0.05, 0) is 42.4 Å². The molecule has 0 unspecified atom stereocenters. The molecule has 1 fully saturated rings. The fourth-order valence-electron chi connectivity index (χ4n) is 2.96. The molecule has 1 aromatic heterocycles. The number of aromatic nitrogens is 2. The molecule has 0 atom stereocenters. The van der Waals surface area contributed by atoms with E-state index in [-0.39, 0.29) is 23.0 Å². The van der Waals surface area contributed by atoms with Gasteiger partial charge in [0, 0.05) is 5.56 Å². The number of halogens is 1. The van der Waals surface area contributed by atoms with Crippen molar-refractivity contribution in [2.45, 2.75) is 38.5 Å². The van der Waals surface area contributed by atoms with E-state index in [0.717, 1.165) is 24.0 Å². The lowest BCUT2D eigenvalue weighted by Gasteiger charge is -2.28. The van der Waals surface area contributed by atoms with Crippen LogP contribution in [-0.2, 0) is 6.42 Å². The molecule has 0 saturated heterocycles. The second-order valence-corrected chi connectivity index (χ2v) is 5.58. The first-order valence-electron chi connectivity index (χ1n) is 7.50. The summed E-state index contributed by atoms with van der Waals surface area (Å²) in [5.41, 5.74) is 8.00. The topological polar surface area (TPSA) is 75.6 Å². The third kappa shape index (κ3) is 2.31. The molecule has 1 aromatic carbocycles. The smallest absolute Gasteiger partial charge is 0.169 e. The van der Waals surface area contributed by atoms with E-state index in [2.05, 4.69) is 9.97 Å². The van der Waals surface area contributed by atoms with Gasteiger partial charge in [-0.15, -0.1) is 0 Å². The lowest BCUT2D eigenvalue weighted by Crippen LogP contribution is -2.13. The molecule has 0 bridgehead atoms. The van der Waals surface area contributed by atoms with Gasteiger partial charge in [-0.2, -0.15) is 5.26 Å². The van der Waals surface area contributed by atoms with Gasteiger partial charge >= 0.3 is 0 Å². The van der Waals surface area contributed by atoms with Crippen molar-refractivity contribution < 1.29 is 4.39 Å². The number of nitrogens with two attached hydrogens (primary N) is 1. The predicted molar refractivity (Wildman–Crippen MR) is 82.5 cm³/mol. The average molecular weight is 296 g/mol. The van der Waals surface area contributed by atoms with Gasteiger partial charge in [0.1, 0.15) is 23.4 Å². The van der Waals surface area contributed by atoms with Crippen LogP contribution in [0.5, 0.6) is 0 Å². The Balaban J connectivity index is 2.14. The van der Waals surface area contributed by atoms with Crippen LogP contribution in [0.2, 0.25) is 0 Å². The maximum absolute atomic E-state index is 14.9. The van der Waals surface area contributed by atoms with E-state index >= 15 is 0 Å². The van der Waals surface area contributed by atoms with Crippen molar-refractivity contribution in [1.82, 2.24) is 9.97 Å². The summed E-state index contributed by atoms with van der Waals surface area (Å²) in [7, 11) is 0. The summed E-state index contributed by atoms with van der Waals surface area (Å²) in [6.45, 7) is 1.95. The summed E-state index contributed by atoms with van der Waals surface area (Å²) in [4.78, 5) is 8.05. The molecule has 0 spiro atoms. The summed E-state index contributed by atoms with van der Waals surface area (Å²) in [6.07, 6.45) is 5.42. The van der Waals surface area contributed by atoms with Crippen LogP contribution in [0.1, 0.15) is 48.9 Å². The van der Waals surface area contributed by atoms with Crippen LogP contribution in [0.4, 0.5) is 10.2 Å². The fraction of sp³-hybridized carbons (Fsp3) is 0.353. The maximum atomic E-state index is 14.9. The Morgan fingerprint density at radius 1 is 1.41 bits per heavy atom. The lowest BCUT2D eigenvalue weighted by molar-refractivity contribution is 0.415. The van der Waals surface area contributed by atoms with Crippen LogP contribution in [0.25, 0.3) is 11.3 Å². The van der Waals surface area contributed by atoms with E-state index in [0.29, 0.717) is 17.9 Å². The van der Waals surface area contributed by atoms with Crippen molar-refractivity contribution in [2.75, 3.05) is 5.73 Å². The zero-order valence-electron chi connectivity index (χ0n) is 12.4. The third-order valence-corrected chi connectivity index (χ3v) is 4.33. The summed E-state index contributed by atoms with van der Waals surface area (Å²) in [6, 6.07) is 5.62. The minimum atomic E-state index is -0.289. The van der Waals surface area contributed by atoms with Gasteiger partial charge in [-0.1, -0.05) is 19.4 Å². The number of nitriles is 1. The first-order valence-corrected chi connectivity index (χ1v) is 7.50. The summed E-state index contributed by atoms with van der Waals surface area (Å²) < 4.78 is 14.9. The molecule has 22 heavy (non-hydrogen) atoms. The van der Waals surface area contributed by atoms with Crippen LogP contribution in [0, 0.1) is 17.1 Å². The van der Waals surface area contributed by atoms with E-state index in [1.165, 1.54) is 12.6 Å². The van der Waals surface area contributed by atoms with Gasteiger partial charge in [0.15, 0.2) is 5.69 Å². The minimum Gasteiger partial charge on any atom is -0.382 e. The highest BCUT2D eigenvalue weighted by Gasteiger charge is 2.25. The quantitative estimate of drug-likeness (QED) is 0.939. The van der Waals surface area contributed by atoms with Gasteiger partial charge < -0.3 is 5.73 Å². The molecule has 1 saturated carbocycles. The number of hydrogen-bond donors (Lipinski definition) is 1. The number of hydrogen-bond acceptors (Lipinski definition) is 4. The van der Waals surface area contributed by atoms with Crippen LogP contribution in [0.15, 0.2) is 18.3 Å². The Bertz CT molecular complexity index is 760. The second-order valence-electron chi connectivity index (χ2n) is 5.58. The Morgan fingerprint density at radius 2 is 2.18 bits per heavy atom. The molecule has 112 valence electrons. The third-order valence-electron chi connectivity index (χ3n) is 4.33. The Hall–Kier alpha value is -2.48. The maximum Gasteiger partial charge on any atom is 0.169 e. The highest BCUT2D eigenvalue weighted by atomic mass is 19.1. The van der Waals surface area contributed by atoms with Crippen molar-refractivity contribution in [3.63, 3.8) is 0 Å². The van der Waals surface area contributed by atoms with Crippen LogP contribution in [0.3, 0.4) is 0 Å². The molecule has 1 aliphatic carbocycles. The van der Waals surface area contributed by atoms with Gasteiger partial charge in [0.25, 0.3) is 0 Å². The Kier molecular flexibility index (Phi) is 3.76. The largest absolute Gasteiger partial charge is 0.382 e. The Labute approximate surface area is 128 Å². The Morgan fingerprint density at radius 3 is 2.77 bits per heavy atom. The SMILES string of the molecule is CCc1c(C2CCC2)ccc(-c2ncc(N)nc2C#N)c1F. The van der Waals surface area contributed by atoms with Crippen molar-refractivity contribution in [3.05, 3.63) is 41.0 Å². The molecule has 3 rings (SSSR count). The second kappa shape index (κ2) is 5.72. The molecule has 1 aliphatic rings. The molecule has 0 amide bonds. The molecular weight excluding hydrogens is 279 g/mol. The number of benzene rings is 1. The molecule has 2 N–H and O–H groups in total. The number of nitrogen functional groups attached to an aromatic ring is 1. The van der Waals surface area contributed by atoms with Crippen LogP contribution < -0.4 is 5.73 Å². The van der Waals surface area contributed by atoms with Crippen LogP contribution in [-0.4, -0.2) is 9.97 Å². The van der Waals surface area contributed by atoms with Crippen molar-refractivity contribution in [3.8, 4) is 17.3 Å². The average Bonchev–Trinajstić information content (AvgIpc) is 2.46. The molecular formula is C17H17FN4. The minimum absolute atomic E-state index is 0.0531. The molecule has 2 aromatic rings. The van der Waals surface area contributed by atoms with Crippen molar-refractivity contribution in [2.24, 2.45) is 0 Å². The summed E-state index contributed by atoms with van der Waals surface area (Å²) >= 11 is 0. The zero-order chi connectivity index (χ0) is 15.7. The van der Waals surface area contributed by atoms with Gasteiger partial charge in [-0.25, -0.2) is 14.4 Å². The van der Waals surface area contributed by atoms with E-state index in [9.17, 15) is 9.65 Å². The molecule has 0 radical (unpaired) electrons. The van der Waals surface area contributed by atoms with Crippen LogP contribution >= 0.6 is 0 Å². The van der Waals surface area contributed by atoms with Gasteiger partial charge in [-0.3, -0.25) is 0 Å². The summed E-state index contributed by atoms with van der Waals surface area (Å²) in [5.74, 6) is 0.330. The van der Waals surface area contributed by atoms with Gasteiger partial charge in [0.2, 0.25) is 0 Å². The standard InChI is InChI=1S/C17H17FN4/c1-2-11-12(10-4-3-5-10)6-7-13(16(11)18)17-14(8-19)22-15(20)9-21-17/h6-7,9-10H,2-5H2,1H3,(H2,20,22). The van der Waals surface area contributed by atoms with E-state index < -0.39 is 0 Å². The molecule has 1 heterocycles. The van der Waals surface area contributed by atoms with E-state index in [1.807, 2.05) is 19.1 Å². The number of rotatable bonds is 3. The van der Waals surface area contributed by atoms with Gasteiger partial charge in [0.05, 0.1) is 6.20 Å². The predicted octanol–water partition coefficient (Wildman–Crippen LogP) is 3.57. The molecule has 0 aliphatic heterocycles. The highest BCUT2D eigenvalue weighted by Crippen LogP contribution is 2.40. The first kappa shape index (κ1) is 14.5. The highest BCUT2D eigenvalue weighted by molar-refractivity contribution is 5.67. The van der Waals surface area contributed by atoms with E-state index in [1.54, 1.807) is 6.07 Å². The summed E-state index contributed by atoms with van der Waals surface area (Å²) in [5, 5.41) is 9.18. The first-order chi connectivity index (χ1) is 10.7. The monoisotopic (exact) mass is 296 g/mol. The molecule has 4 nitrogen and oxygen atoms in total. The van der Waals surface area contributed by atoms with E-state index in [4.69, 9.17) is 5.73 Å². The zero-order valence-corrected chi connectivity index (χ0v) is 12.4. The van der Waals surface area contributed by atoms with Crippen molar-refractivity contribution >= 4 is 5.82 Å². The van der Waals surface area contributed by atoms with Crippen molar-refractivity contribution in [1.29, 1.82) is 5.26 Å². The fourth-order valence-corrected chi connectivity index (χ4v) is 2.96.